The molecular formula is C11H11F2N3O. The van der Waals surface area contributed by atoms with E-state index in [1.165, 1.54) is 30.3 Å². The molecule has 0 bridgehead atoms. The molecule has 6 heteroatoms. The standard InChI is InChI=1S/C11H11F2N3O/c1-7(17)11(16-6-14-5-15-16)9-3-2-8(12)4-10(9)13/h2-7,11,17H,1H3/t7-,11?/m0/s1. The van der Waals surface area contributed by atoms with Gasteiger partial charge in [0.15, 0.2) is 0 Å². The number of aliphatic hydroxyl groups is 1. The fourth-order valence-electron chi connectivity index (χ4n) is 1.73. The van der Waals surface area contributed by atoms with Crippen molar-refractivity contribution < 1.29 is 13.9 Å². The van der Waals surface area contributed by atoms with Crippen molar-refractivity contribution >= 4 is 0 Å². The lowest BCUT2D eigenvalue weighted by atomic mass is 10.0. The second kappa shape index (κ2) is 4.58. The number of aliphatic hydroxyl groups excluding tert-OH is 1. The minimum atomic E-state index is -0.878. The Kier molecular flexibility index (Phi) is 3.14. The summed E-state index contributed by atoms with van der Waals surface area (Å²) in [6, 6.07) is 2.49. The van der Waals surface area contributed by atoms with Crippen molar-refractivity contribution in [2.75, 3.05) is 0 Å². The Labute approximate surface area is 96.5 Å². The van der Waals surface area contributed by atoms with E-state index >= 15 is 0 Å². The van der Waals surface area contributed by atoms with Crippen LogP contribution in [0.25, 0.3) is 0 Å². The largest absolute Gasteiger partial charge is 0.391 e. The number of benzene rings is 1. The summed E-state index contributed by atoms with van der Waals surface area (Å²) in [4.78, 5) is 3.74. The van der Waals surface area contributed by atoms with Crippen molar-refractivity contribution in [3.63, 3.8) is 0 Å². The highest BCUT2D eigenvalue weighted by atomic mass is 19.1. The molecule has 0 amide bonds. The van der Waals surface area contributed by atoms with Gasteiger partial charge in [0.1, 0.15) is 30.3 Å². The second-order valence-electron chi connectivity index (χ2n) is 3.73. The predicted octanol–water partition coefficient (Wildman–Crippen LogP) is 1.53. The fourth-order valence-corrected chi connectivity index (χ4v) is 1.73. The highest BCUT2D eigenvalue weighted by molar-refractivity contribution is 5.23. The number of halogens is 2. The first-order chi connectivity index (χ1) is 8.09. The van der Waals surface area contributed by atoms with Crippen LogP contribution in [0.4, 0.5) is 8.78 Å². The average molecular weight is 239 g/mol. The molecule has 90 valence electrons. The monoisotopic (exact) mass is 239 g/mol. The maximum Gasteiger partial charge on any atom is 0.137 e. The zero-order chi connectivity index (χ0) is 12.4. The number of hydrogen-bond acceptors (Lipinski definition) is 3. The molecule has 2 atom stereocenters. The molecule has 1 unspecified atom stereocenters. The molecule has 0 fully saturated rings. The highest BCUT2D eigenvalue weighted by Gasteiger charge is 2.23. The molecule has 0 aliphatic rings. The molecule has 0 aliphatic carbocycles. The maximum absolute atomic E-state index is 13.6. The molecule has 2 aromatic rings. The Balaban J connectivity index is 2.47. The van der Waals surface area contributed by atoms with Gasteiger partial charge in [-0.2, -0.15) is 5.10 Å². The summed E-state index contributed by atoms with van der Waals surface area (Å²) in [5.41, 5.74) is 0.173. The smallest absolute Gasteiger partial charge is 0.137 e. The summed E-state index contributed by atoms with van der Waals surface area (Å²) in [5, 5.41) is 13.5. The molecule has 0 radical (unpaired) electrons. The van der Waals surface area contributed by atoms with Crippen LogP contribution in [0.5, 0.6) is 0 Å². The number of rotatable bonds is 3. The maximum atomic E-state index is 13.6. The lowest BCUT2D eigenvalue weighted by Gasteiger charge is -2.20. The van der Waals surface area contributed by atoms with E-state index < -0.39 is 23.8 Å². The third-order valence-corrected chi connectivity index (χ3v) is 2.46. The Hall–Kier alpha value is -1.82. The first kappa shape index (κ1) is 11.7. The molecule has 0 saturated heterocycles. The van der Waals surface area contributed by atoms with Gasteiger partial charge in [-0.05, 0) is 13.0 Å². The summed E-state index contributed by atoms with van der Waals surface area (Å²) in [7, 11) is 0. The van der Waals surface area contributed by atoms with Crippen LogP contribution in [0.1, 0.15) is 18.5 Å². The van der Waals surface area contributed by atoms with Gasteiger partial charge in [-0.1, -0.05) is 6.07 Å². The topological polar surface area (TPSA) is 50.9 Å². The van der Waals surface area contributed by atoms with Crippen molar-refractivity contribution in [1.82, 2.24) is 14.8 Å². The lowest BCUT2D eigenvalue weighted by Crippen LogP contribution is -2.24. The minimum Gasteiger partial charge on any atom is -0.391 e. The van der Waals surface area contributed by atoms with Crippen molar-refractivity contribution in [2.24, 2.45) is 0 Å². The molecule has 17 heavy (non-hydrogen) atoms. The van der Waals surface area contributed by atoms with E-state index in [4.69, 9.17) is 0 Å². The number of hydrogen-bond donors (Lipinski definition) is 1. The molecule has 1 N–H and O–H groups in total. The van der Waals surface area contributed by atoms with Gasteiger partial charge < -0.3 is 5.11 Å². The van der Waals surface area contributed by atoms with Crippen LogP contribution in [-0.4, -0.2) is 26.0 Å². The first-order valence-corrected chi connectivity index (χ1v) is 5.06. The SMILES string of the molecule is C[C@H](O)C(c1ccc(F)cc1F)n1cncn1. The summed E-state index contributed by atoms with van der Waals surface area (Å²) >= 11 is 0. The van der Waals surface area contributed by atoms with Crippen LogP contribution in [0.3, 0.4) is 0 Å². The number of aromatic nitrogens is 3. The third kappa shape index (κ3) is 2.31. The van der Waals surface area contributed by atoms with Gasteiger partial charge >= 0.3 is 0 Å². The van der Waals surface area contributed by atoms with E-state index in [0.717, 1.165) is 12.1 Å². The molecule has 1 heterocycles. The summed E-state index contributed by atoms with van der Waals surface area (Å²) in [6.45, 7) is 1.51. The van der Waals surface area contributed by atoms with Gasteiger partial charge in [-0.3, -0.25) is 0 Å². The van der Waals surface area contributed by atoms with Crippen molar-refractivity contribution in [3.8, 4) is 0 Å². The van der Waals surface area contributed by atoms with Gasteiger partial charge in [-0.15, -0.1) is 0 Å². The van der Waals surface area contributed by atoms with E-state index in [1.54, 1.807) is 0 Å². The van der Waals surface area contributed by atoms with Crippen LogP contribution >= 0.6 is 0 Å². The molecule has 1 aromatic carbocycles. The van der Waals surface area contributed by atoms with Gasteiger partial charge in [0, 0.05) is 11.6 Å². The average Bonchev–Trinajstić information content (AvgIpc) is 2.74. The van der Waals surface area contributed by atoms with Crippen LogP contribution in [-0.2, 0) is 0 Å². The molecule has 0 spiro atoms. The molecule has 0 saturated carbocycles. The Morgan fingerprint density at radius 1 is 1.35 bits per heavy atom. The van der Waals surface area contributed by atoms with Gasteiger partial charge in [0.25, 0.3) is 0 Å². The van der Waals surface area contributed by atoms with Crippen LogP contribution in [0, 0.1) is 11.6 Å². The molecule has 1 aromatic heterocycles. The summed E-state index contributed by atoms with van der Waals surface area (Å²) in [5.74, 6) is -1.37. The van der Waals surface area contributed by atoms with Gasteiger partial charge in [0.2, 0.25) is 0 Å². The quantitative estimate of drug-likeness (QED) is 0.883. The Morgan fingerprint density at radius 2 is 2.12 bits per heavy atom. The molecule has 2 rings (SSSR count). The van der Waals surface area contributed by atoms with E-state index in [2.05, 4.69) is 10.1 Å². The van der Waals surface area contributed by atoms with Crippen molar-refractivity contribution in [2.45, 2.75) is 19.1 Å². The fraction of sp³-hybridized carbons (Fsp3) is 0.273. The summed E-state index contributed by atoms with van der Waals surface area (Å²) < 4.78 is 27.8. The second-order valence-corrected chi connectivity index (χ2v) is 3.73. The summed E-state index contributed by atoms with van der Waals surface area (Å²) in [6.07, 6.45) is 1.79. The van der Waals surface area contributed by atoms with E-state index in [9.17, 15) is 13.9 Å². The molecular weight excluding hydrogens is 228 g/mol. The first-order valence-electron chi connectivity index (χ1n) is 5.06. The molecule has 0 aliphatic heterocycles. The number of nitrogens with zero attached hydrogens (tertiary/aromatic N) is 3. The van der Waals surface area contributed by atoms with Crippen molar-refractivity contribution in [1.29, 1.82) is 0 Å². The van der Waals surface area contributed by atoms with Gasteiger partial charge in [-0.25, -0.2) is 18.4 Å². The van der Waals surface area contributed by atoms with E-state index in [-0.39, 0.29) is 5.56 Å². The predicted molar refractivity (Wildman–Crippen MR) is 56.2 cm³/mol. The third-order valence-electron chi connectivity index (χ3n) is 2.46. The highest BCUT2D eigenvalue weighted by Crippen LogP contribution is 2.24. The van der Waals surface area contributed by atoms with Crippen LogP contribution in [0.2, 0.25) is 0 Å². The van der Waals surface area contributed by atoms with Crippen molar-refractivity contribution in [3.05, 3.63) is 48.1 Å². The minimum absolute atomic E-state index is 0.173. The van der Waals surface area contributed by atoms with Crippen LogP contribution < -0.4 is 0 Å². The Morgan fingerprint density at radius 3 is 2.65 bits per heavy atom. The van der Waals surface area contributed by atoms with E-state index in [1.807, 2.05) is 0 Å². The van der Waals surface area contributed by atoms with Gasteiger partial charge in [0.05, 0.1) is 6.10 Å². The lowest BCUT2D eigenvalue weighted by molar-refractivity contribution is 0.140. The zero-order valence-corrected chi connectivity index (χ0v) is 9.09. The van der Waals surface area contributed by atoms with E-state index in [0.29, 0.717) is 0 Å². The zero-order valence-electron chi connectivity index (χ0n) is 9.09. The Bertz CT molecular complexity index is 499. The van der Waals surface area contributed by atoms with Crippen LogP contribution in [0.15, 0.2) is 30.9 Å². The normalized spacial score (nSPS) is 14.6. The molecule has 4 nitrogen and oxygen atoms in total.